The average molecular weight is 407 g/mol. The second-order valence-corrected chi connectivity index (χ2v) is 7.05. The maximum Gasteiger partial charge on any atom is 0.240 e. The van der Waals surface area contributed by atoms with Crippen LogP contribution in [-0.2, 0) is 11.3 Å². The number of hydrogen-bond acceptors (Lipinski definition) is 3. The van der Waals surface area contributed by atoms with E-state index in [9.17, 15) is 4.79 Å². The van der Waals surface area contributed by atoms with Crippen LogP contribution in [0.2, 0.25) is 10.0 Å². The molecule has 8 heteroatoms. The first-order chi connectivity index (χ1) is 12.4. The molecule has 0 bridgehead atoms. The van der Waals surface area contributed by atoms with Gasteiger partial charge in [0.05, 0.1) is 6.04 Å². The van der Waals surface area contributed by atoms with E-state index in [2.05, 4.69) is 15.5 Å². The van der Waals surface area contributed by atoms with E-state index in [1.165, 1.54) is 0 Å². The van der Waals surface area contributed by atoms with E-state index >= 15 is 0 Å². The number of H-pyrrole nitrogens is 1. The van der Waals surface area contributed by atoms with E-state index < -0.39 is 0 Å². The molecule has 5 nitrogen and oxygen atoms in total. The third kappa shape index (κ3) is 4.33. The molecule has 26 heavy (non-hydrogen) atoms. The van der Waals surface area contributed by atoms with E-state index in [4.69, 9.17) is 35.4 Å². The number of carbonyl (C=O) groups excluding carboxylic acids is 1. The lowest BCUT2D eigenvalue weighted by atomic mass is 10.1. The highest BCUT2D eigenvalue weighted by molar-refractivity contribution is 7.71. The van der Waals surface area contributed by atoms with Crippen molar-refractivity contribution in [2.75, 3.05) is 0 Å². The number of carbonyl (C=O) groups is 1. The van der Waals surface area contributed by atoms with Crippen LogP contribution < -0.4 is 5.32 Å². The van der Waals surface area contributed by atoms with Crippen molar-refractivity contribution in [3.05, 3.63) is 68.9 Å². The van der Waals surface area contributed by atoms with Gasteiger partial charge in [-0.3, -0.25) is 14.5 Å². The highest BCUT2D eigenvalue weighted by Gasteiger charge is 2.15. The Balaban J connectivity index is 1.76. The number of nitrogens with zero attached hydrogens (tertiary/aromatic N) is 2. The van der Waals surface area contributed by atoms with Crippen molar-refractivity contribution >= 4 is 41.3 Å². The van der Waals surface area contributed by atoms with E-state index in [0.29, 0.717) is 20.6 Å². The molecule has 0 radical (unpaired) electrons. The van der Waals surface area contributed by atoms with E-state index in [1.807, 2.05) is 37.3 Å². The van der Waals surface area contributed by atoms with Gasteiger partial charge in [0.15, 0.2) is 10.6 Å². The number of rotatable bonds is 5. The molecule has 0 unspecified atom stereocenters. The van der Waals surface area contributed by atoms with Gasteiger partial charge in [0, 0.05) is 15.6 Å². The molecule has 2 aromatic carbocycles. The predicted molar refractivity (Wildman–Crippen MR) is 106 cm³/mol. The summed E-state index contributed by atoms with van der Waals surface area (Å²) >= 11 is 17.2. The molecular formula is C18H16Cl2N4OS. The van der Waals surface area contributed by atoms with Gasteiger partial charge in [-0.1, -0.05) is 35.3 Å². The fourth-order valence-corrected chi connectivity index (χ4v) is 3.10. The van der Waals surface area contributed by atoms with Crippen LogP contribution in [-0.4, -0.2) is 20.7 Å². The summed E-state index contributed by atoms with van der Waals surface area (Å²) in [5.41, 5.74) is 1.75. The van der Waals surface area contributed by atoms with Crippen molar-refractivity contribution in [3.63, 3.8) is 0 Å². The molecule has 3 rings (SSSR count). The van der Waals surface area contributed by atoms with Crippen molar-refractivity contribution in [3.8, 4) is 11.4 Å². The summed E-state index contributed by atoms with van der Waals surface area (Å²) in [6.07, 6.45) is 0. The molecule has 1 heterocycles. The van der Waals surface area contributed by atoms with Crippen LogP contribution in [0.5, 0.6) is 0 Å². The van der Waals surface area contributed by atoms with Crippen LogP contribution in [0.15, 0.2) is 48.5 Å². The SMILES string of the molecule is C[C@@H](NC(=O)Cn1c(-c2ccc(Cl)cc2)n[nH]c1=S)c1cccc(Cl)c1. The van der Waals surface area contributed by atoms with Gasteiger partial charge in [-0.2, -0.15) is 5.10 Å². The molecule has 3 aromatic rings. The molecule has 1 atom stereocenters. The zero-order valence-electron chi connectivity index (χ0n) is 13.9. The summed E-state index contributed by atoms with van der Waals surface area (Å²) in [5, 5.41) is 11.2. The van der Waals surface area contributed by atoms with Crippen LogP contribution in [0.3, 0.4) is 0 Å². The van der Waals surface area contributed by atoms with Crippen molar-refractivity contribution in [1.29, 1.82) is 0 Å². The highest BCUT2D eigenvalue weighted by atomic mass is 35.5. The van der Waals surface area contributed by atoms with E-state index in [-0.39, 0.29) is 18.5 Å². The standard InChI is InChI=1S/C18H16Cl2N4OS/c1-11(13-3-2-4-15(20)9-13)21-16(25)10-24-17(22-23-18(24)26)12-5-7-14(19)8-6-12/h2-9,11H,10H2,1H3,(H,21,25)(H,23,26)/t11-/m1/s1. The van der Waals surface area contributed by atoms with Crippen LogP contribution in [0.4, 0.5) is 0 Å². The summed E-state index contributed by atoms with van der Waals surface area (Å²) < 4.78 is 2.03. The molecule has 134 valence electrons. The average Bonchev–Trinajstić information content (AvgIpc) is 2.96. The van der Waals surface area contributed by atoms with Gasteiger partial charge in [0.2, 0.25) is 5.91 Å². The Hall–Kier alpha value is -2.15. The first-order valence-electron chi connectivity index (χ1n) is 7.90. The molecule has 0 aliphatic heterocycles. The number of halogens is 2. The molecule has 2 N–H and O–H groups in total. The van der Waals surface area contributed by atoms with Crippen molar-refractivity contribution in [2.24, 2.45) is 0 Å². The Kier molecular flexibility index (Phi) is 5.76. The maximum atomic E-state index is 12.5. The van der Waals surface area contributed by atoms with E-state index in [0.717, 1.165) is 11.1 Å². The van der Waals surface area contributed by atoms with Gasteiger partial charge in [0.25, 0.3) is 0 Å². The highest BCUT2D eigenvalue weighted by Crippen LogP contribution is 2.20. The van der Waals surface area contributed by atoms with Crippen LogP contribution in [0, 0.1) is 4.77 Å². The molecule has 1 aromatic heterocycles. The first kappa shape index (κ1) is 18.6. The van der Waals surface area contributed by atoms with Crippen molar-refractivity contribution in [1.82, 2.24) is 20.1 Å². The van der Waals surface area contributed by atoms with Gasteiger partial charge in [-0.15, -0.1) is 0 Å². The lowest BCUT2D eigenvalue weighted by Gasteiger charge is -2.15. The maximum absolute atomic E-state index is 12.5. The Morgan fingerprint density at radius 2 is 1.96 bits per heavy atom. The Labute approximate surface area is 166 Å². The quantitative estimate of drug-likeness (QED) is 0.598. The van der Waals surface area contributed by atoms with Crippen molar-refractivity contribution in [2.45, 2.75) is 19.5 Å². The number of nitrogens with one attached hydrogen (secondary N) is 2. The lowest BCUT2D eigenvalue weighted by Crippen LogP contribution is -2.30. The normalized spacial score (nSPS) is 12.0. The zero-order valence-corrected chi connectivity index (χ0v) is 16.2. The fraction of sp³-hybridized carbons (Fsp3) is 0.167. The molecule has 1 amide bonds. The Bertz CT molecular complexity index is 981. The lowest BCUT2D eigenvalue weighted by molar-refractivity contribution is -0.122. The third-order valence-electron chi connectivity index (χ3n) is 3.89. The minimum Gasteiger partial charge on any atom is -0.348 e. The summed E-state index contributed by atoms with van der Waals surface area (Å²) in [7, 11) is 0. The second kappa shape index (κ2) is 8.03. The van der Waals surface area contributed by atoms with Gasteiger partial charge >= 0.3 is 0 Å². The summed E-state index contributed by atoms with van der Waals surface area (Å²) in [6.45, 7) is 1.95. The number of aromatic amines is 1. The van der Waals surface area contributed by atoms with Crippen LogP contribution >= 0.6 is 35.4 Å². The topological polar surface area (TPSA) is 62.7 Å². The summed E-state index contributed by atoms with van der Waals surface area (Å²) in [6, 6.07) is 14.4. The van der Waals surface area contributed by atoms with Gasteiger partial charge in [-0.05, 0) is 61.1 Å². The van der Waals surface area contributed by atoms with Gasteiger partial charge in [-0.25, -0.2) is 0 Å². The molecule has 0 saturated carbocycles. The van der Waals surface area contributed by atoms with Gasteiger partial charge in [0.1, 0.15) is 6.54 Å². The van der Waals surface area contributed by atoms with Crippen molar-refractivity contribution < 1.29 is 4.79 Å². The molecule has 0 fully saturated rings. The fourth-order valence-electron chi connectivity index (χ4n) is 2.57. The number of benzene rings is 2. The summed E-state index contributed by atoms with van der Waals surface area (Å²) in [4.78, 5) is 12.5. The Morgan fingerprint density at radius 3 is 2.65 bits per heavy atom. The number of amides is 1. The molecule has 0 aliphatic carbocycles. The first-order valence-corrected chi connectivity index (χ1v) is 9.06. The Morgan fingerprint density at radius 1 is 1.23 bits per heavy atom. The molecule has 0 saturated heterocycles. The number of hydrogen-bond donors (Lipinski definition) is 2. The van der Waals surface area contributed by atoms with Gasteiger partial charge < -0.3 is 5.32 Å². The number of aromatic nitrogens is 3. The molecule has 0 aliphatic rings. The smallest absolute Gasteiger partial charge is 0.240 e. The zero-order chi connectivity index (χ0) is 18.7. The second-order valence-electron chi connectivity index (χ2n) is 5.79. The molecule has 0 spiro atoms. The monoisotopic (exact) mass is 406 g/mol. The minimum absolute atomic E-state index is 0.0538. The van der Waals surface area contributed by atoms with Crippen LogP contribution in [0.25, 0.3) is 11.4 Å². The minimum atomic E-state index is -0.179. The largest absolute Gasteiger partial charge is 0.348 e. The summed E-state index contributed by atoms with van der Waals surface area (Å²) in [5.74, 6) is 0.405. The predicted octanol–water partition coefficient (Wildman–Crippen LogP) is 4.79. The van der Waals surface area contributed by atoms with Crippen LogP contribution in [0.1, 0.15) is 18.5 Å². The third-order valence-corrected chi connectivity index (χ3v) is 4.69. The molecular weight excluding hydrogens is 391 g/mol. The van der Waals surface area contributed by atoms with E-state index in [1.54, 1.807) is 22.8 Å².